The lowest BCUT2D eigenvalue weighted by Gasteiger charge is -2.09. The van der Waals surface area contributed by atoms with E-state index in [9.17, 15) is 8.78 Å². The second-order valence-corrected chi connectivity index (χ2v) is 4.33. The molecular formula is C15H15F2NO. The quantitative estimate of drug-likeness (QED) is 0.918. The van der Waals surface area contributed by atoms with E-state index < -0.39 is 0 Å². The van der Waals surface area contributed by atoms with Gasteiger partial charge in [0.05, 0.1) is 0 Å². The minimum atomic E-state index is -0.346. The van der Waals surface area contributed by atoms with Crippen LogP contribution in [-0.4, -0.2) is 0 Å². The van der Waals surface area contributed by atoms with E-state index in [0.29, 0.717) is 23.4 Å². The minimum absolute atomic E-state index is 0.0990. The van der Waals surface area contributed by atoms with Crippen LogP contribution in [0.3, 0.4) is 0 Å². The highest BCUT2D eigenvalue weighted by atomic mass is 19.1. The normalized spacial score (nSPS) is 10.5. The van der Waals surface area contributed by atoms with Crippen LogP contribution in [0.15, 0.2) is 36.4 Å². The van der Waals surface area contributed by atoms with E-state index in [-0.39, 0.29) is 18.2 Å². The molecule has 0 aliphatic carbocycles. The molecule has 0 spiro atoms. The Bertz CT molecular complexity index is 584. The first-order chi connectivity index (χ1) is 9.10. The van der Waals surface area contributed by atoms with Crippen LogP contribution in [0.1, 0.15) is 16.7 Å². The van der Waals surface area contributed by atoms with Gasteiger partial charge in [-0.2, -0.15) is 0 Å². The van der Waals surface area contributed by atoms with Gasteiger partial charge >= 0.3 is 0 Å². The number of benzene rings is 2. The zero-order valence-corrected chi connectivity index (χ0v) is 10.6. The maximum Gasteiger partial charge on any atom is 0.130 e. The van der Waals surface area contributed by atoms with Crippen molar-refractivity contribution < 1.29 is 13.5 Å². The predicted octanol–water partition coefficient (Wildman–Crippen LogP) is 3.31. The SMILES string of the molecule is Cc1cc(OCc2ccc(CN)cc2F)ccc1F. The first-order valence-corrected chi connectivity index (χ1v) is 5.96. The number of hydrogen-bond acceptors (Lipinski definition) is 2. The fourth-order valence-electron chi connectivity index (χ4n) is 1.70. The van der Waals surface area contributed by atoms with Gasteiger partial charge in [-0.05, 0) is 42.3 Å². The summed E-state index contributed by atoms with van der Waals surface area (Å²) in [6.07, 6.45) is 0. The molecule has 2 aromatic carbocycles. The van der Waals surface area contributed by atoms with Gasteiger partial charge in [-0.3, -0.25) is 0 Å². The van der Waals surface area contributed by atoms with Crippen molar-refractivity contribution in [1.29, 1.82) is 0 Å². The Kier molecular flexibility index (Phi) is 4.12. The summed E-state index contributed by atoms with van der Waals surface area (Å²) in [5, 5.41) is 0. The molecule has 0 aromatic heterocycles. The summed E-state index contributed by atoms with van der Waals surface area (Å²) >= 11 is 0. The van der Waals surface area contributed by atoms with Crippen molar-refractivity contribution in [3.8, 4) is 5.75 Å². The molecule has 4 heteroatoms. The molecule has 0 atom stereocenters. The molecule has 0 saturated carbocycles. The summed E-state index contributed by atoms with van der Waals surface area (Å²) < 4.78 is 32.2. The fraction of sp³-hybridized carbons (Fsp3) is 0.200. The van der Waals surface area contributed by atoms with E-state index in [2.05, 4.69) is 0 Å². The molecule has 0 heterocycles. The third kappa shape index (κ3) is 3.29. The number of hydrogen-bond donors (Lipinski definition) is 1. The summed E-state index contributed by atoms with van der Waals surface area (Å²) in [5.74, 6) is -0.117. The Hall–Kier alpha value is -1.94. The molecular weight excluding hydrogens is 248 g/mol. The summed E-state index contributed by atoms with van der Waals surface area (Å²) in [6, 6.07) is 9.24. The van der Waals surface area contributed by atoms with E-state index in [1.807, 2.05) is 0 Å². The summed E-state index contributed by atoms with van der Waals surface area (Å²) in [6.45, 7) is 2.05. The number of halogens is 2. The van der Waals surface area contributed by atoms with Crippen molar-refractivity contribution in [2.24, 2.45) is 5.73 Å². The topological polar surface area (TPSA) is 35.2 Å². The first-order valence-electron chi connectivity index (χ1n) is 5.96. The molecule has 0 aliphatic rings. The Morgan fingerprint density at radius 2 is 1.84 bits per heavy atom. The monoisotopic (exact) mass is 263 g/mol. The van der Waals surface area contributed by atoms with Crippen LogP contribution in [0.4, 0.5) is 8.78 Å². The van der Waals surface area contributed by atoms with E-state index in [0.717, 1.165) is 5.56 Å². The fourth-order valence-corrected chi connectivity index (χ4v) is 1.70. The second kappa shape index (κ2) is 5.80. The van der Waals surface area contributed by atoms with Crippen molar-refractivity contribution in [1.82, 2.24) is 0 Å². The largest absolute Gasteiger partial charge is 0.489 e. The molecule has 100 valence electrons. The average molecular weight is 263 g/mol. The Morgan fingerprint density at radius 1 is 1.05 bits per heavy atom. The number of rotatable bonds is 4. The molecule has 2 N–H and O–H groups in total. The highest BCUT2D eigenvalue weighted by Gasteiger charge is 2.05. The van der Waals surface area contributed by atoms with Crippen molar-refractivity contribution in [2.45, 2.75) is 20.1 Å². The minimum Gasteiger partial charge on any atom is -0.489 e. The van der Waals surface area contributed by atoms with Crippen LogP contribution < -0.4 is 10.5 Å². The van der Waals surface area contributed by atoms with Crippen molar-refractivity contribution >= 4 is 0 Å². The molecule has 0 fully saturated rings. The third-order valence-electron chi connectivity index (χ3n) is 2.88. The molecule has 0 amide bonds. The van der Waals surface area contributed by atoms with Gasteiger partial charge in [0.1, 0.15) is 24.0 Å². The predicted molar refractivity (Wildman–Crippen MR) is 69.8 cm³/mol. The third-order valence-corrected chi connectivity index (χ3v) is 2.88. The number of nitrogens with two attached hydrogens (primary N) is 1. The standard InChI is InChI=1S/C15H15F2NO/c1-10-6-13(4-5-14(10)16)19-9-12-3-2-11(8-18)7-15(12)17/h2-7H,8-9,18H2,1H3. The maximum atomic E-state index is 13.7. The van der Waals surface area contributed by atoms with Crippen LogP contribution in [-0.2, 0) is 13.2 Å². The highest BCUT2D eigenvalue weighted by molar-refractivity contribution is 5.30. The molecule has 19 heavy (non-hydrogen) atoms. The van der Waals surface area contributed by atoms with E-state index >= 15 is 0 Å². The smallest absolute Gasteiger partial charge is 0.130 e. The Balaban J connectivity index is 2.07. The van der Waals surface area contributed by atoms with Gasteiger partial charge in [0.15, 0.2) is 0 Å². The lowest BCUT2D eigenvalue weighted by Crippen LogP contribution is -2.02. The first kappa shape index (κ1) is 13.5. The van der Waals surface area contributed by atoms with Gasteiger partial charge in [0.2, 0.25) is 0 Å². The van der Waals surface area contributed by atoms with Gasteiger partial charge in [0, 0.05) is 12.1 Å². The number of ether oxygens (including phenoxy) is 1. The molecule has 0 radical (unpaired) electrons. The van der Waals surface area contributed by atoms with Crippen molar-refractivity contribution in [2.75, 3.05) is 0 Å². The maximum absolute atomic E-state index is 13.7. The van der Waals surface area contributed by atoms with Gasteiger partial charge in [-0.1, -0.05) is 12.1 Å². The van der Waals surface area contributed by atoms with Crippen LogP contribution in [0.5, 0.6) is 5.75 Å². The molecule has 0 unspecified atom stereocenters. The van der Waals surface area contributed by atoms with E-state index in [4.69, 9.17) is 10.5 Å². The van der Waals surface area contributed by atoms with Crippen LogP contribution in [0.2, 0.25) is 0 Å². The average Bonchev–Trinajstić information content (AvgIpc) is 2.41. The van der Waals surface area contributed by atoms with E-state index in [1.165, 1.54) is 18.2 Å². The summed E-state index contributed by atoms with van der Waals surface area (Å²) in [5.41, 5.74) is 7.11. The van der Waals surface area contributed by atoms with Gasteiger partial charge in [-0.25, -0.2) is 8.78 Å². The van der Waals surface area contributed by atoms with Gasteiger partial charge in [-0.15, -0.1) is 0 Å². The zero-order valence-electron chi connectivity index (χ0n) is 10.6. The highest BCUT2D eigenvalue weighted by Crippen LogP contribution is 2.18. The summed E-state index contributed by atoms with van der Waals surface area (Å²) in [7, 11) is 0. The van der Waals surface area contributed by atoms with Gasteiger partial charge < -0.3 is 10.5 Å². The lowest BCUT2D eigenvalue weighted by atomic mass is 10.1. The Labute approximate surface area is 110 Å². The zero-order chi connectivity index (χ0) is 13.8. The molecule has 2 aromatic rings. The molecule has 2 rings (SSSR count). The molecule has 0 aliphatic heterocycles. The lowest BCUT2D eigenvalue weighted by molar-refractivity contribution is 0.299. The number of aryl methyl sites for hydroxylation is 1. The van der Waals surface area contributed by atoms with Crippen LogP contribution >= 0.6 is 0 Å². The van der Waals surface area contributed by atoms with Crippen LogP contribution in [0.25, 0.3) is 0 Å². The van der Waals surface area contributed by atoms with Crippen molar-refractivity contribution in [3.63, 3.8) is 0 Å². The molecule has 2 nitrogen and oxygen atoms in total. The Morgan fingerprint density at radius 3 is 2.47 bits per heavy atom. The molecule has 0 saturated heterocycles. The van der Waals surface area contributed by atoms with Crippen molar-refractivity contribution in [3.05, 3.63) is 64.7 Å². The van der Waals surface area contributed by atoms with E-state index in [1.54, 1.807) is 25.1 Å². The van der Waals surface area contributed by atoms with Gasteiger partial charge in [0.25, 0.3) is 0 Å². The second-order valence-electron chi connectivity index (χ2n) is 4.33. The molecule has 0 bridgehead atoms. The summed E-state index contributed by atoms with van der Waals surface area (Å²) in [4.78, 5) is 0. The van der Waals surface area contributed by atoms with Crippen LogP contribution in [0, 0.1) is 18.6 Å².